The number of anilines is 1. The Labute approximate surface area is 112 Å². The Morgan fingerprint density at radius 1 is 1.39 bits per heavy atom. The topological polar surface area (TPSA) is 34.1 Å². The van der Waals surface area contributed by atoms with Crippen LogP contribution in [0.25, 0.3) is 10.9 Å². The van der Waals surface area contributed by atoms with Gasteiger partial charge in [0.05, 0.1) is 7.11 Å². The first-order valence-corrected chi connectivity index (χ1v) is 6.34. The highest BCUT2D eigenvalue weighted by Crippen LogP contribution is 2.34. The lowest BCUT2D eigenvalue weighted by Crippen LogP contribution is -2.00. The zero-order chi connectivity index (χ0) is 13.3. The standard InChI is InChI=1S/C14H17ClN2O/c1-5-9-6-10-8(2)11(15)7-12(18-4)13(10)17-14(9)16-3/h6-7H,5H2,1-4H3,(H,16,17). The molecule has 2 aromatic rings. The van der Waals surface area contributed by atoms with E-state index in [0.29, 0.717) is 10.8 Å². The van der Waals surface area contributed by atoms with Crippen LogP contribution in [-0.2, 0) is 6.42 Å². The minimum Gasteiger partial charge on any atom is -0.494 e. The highest BCUT2D eigenvalue weighted by Gasteiger charge is 2.13. The fraction of sp³-hybridized carbons (Fsp3) is 0.357. The first-order chi connectivity index (χ1) is 8.62. The molecule has 0 unspecified atom stereocenters. The van der Waals surface area contributed by atoms with Crippen LogP contribution in [0.4, 0.5) is 5.82 Å². The van der Waals surface area contributed by atoms with Gasteiger partial charge < -0.3 is 10.1 Å². The molecule has 0 spiro atoms. The van der Waals surface area contributed by atoms with Crippen LogP contribution < -0.4 is 10.1 Å². The van der Waals surface area contributed by atoms with Crippen molar-refractivity contribution in [3.63, 3.8) is 0 Å². The second kappa shape index (κ2) is 5.02. The summed E-state index contributed by atoms with van der Waals surface area (Å²) >= 11 is 6.22. The largest absolute Gasteiger partial charge is 0.494 e. The van der Waals surface area contributed by atoms with Crippen LogP contribution in [0.1, 0.15) is 18.1 Å². The number of nitrogens with one attached hydrogen (secondary N) is 1. The first-order valence-electron chi connectivity index (χ1n) is 5.96. The molecule has 0 bridgehead atoms. The number of nitrogens with zero attached hydrogens (tertiary/aromatic N) is 1. The zero-order valence-corrected chi connectivity index (χ0v) is 11.9. The number of ether oxygens (including phenoxy) is 1. The molecule has 0 amide bonds. The molecule has 18 heavy (non-hydrogen) atoms. The average molecular weight is 265 g/mol. The van der Waals surface area contributed by atoms with Crippen LogP contribution >= 0.6 is 11.6 Å². The number of benzene rings is 1. The Morgan fingerprint density at radius 2 is 2.11 bits per heavy atom. The maximum absolute atomic E-state index is 6.22. The van der Waals surface area contributed by atoms with E-state index in [9.17, 15) is 0 Å². The Morgan fingerprint density at radius 3 is 2.67 bits per heavy atom. The third-order valence-electron chi connectivity index (χ3n) is 3.19. The SMILES string of the molecule is CCc1cc2c(C)c(Cl)cc(OC)c2nc1NC. The molecule has 1 heterocycles. The minimum atomic E-state index is 0.708. The number of methoxy groups -OCH3 is 1. The predicted octanol–water partition coefficient (Wildman–Crippen LogP) is 3.81. The number of rotatable bonds is 3. The van der Waals surface area contributed by atoms with Gasteiger partial charge in [-0.15, -0.1) is 0 Å². The molecular formula is C14H17ClN2O. The number of fused-ring (bicyclic) bond motifs is 1. The van der Waals surface area contributed by atoms with Crippen LogP contribution in [0.3, 0.4) is 0 Å². The van der Waals surface area contributed by atoms with Crippen LogP contribution in [0.2, 0.25) is 5.02 Å². The van der Waals surface area contributed by atoms with Gasteiger partial charge in [0.1, 0.15) is 17.1 Å². The summed E-state index contributed by atoms with van der Waals surface area (Å²) in [6.45, 7) is 4.12. The van der Waals surface area contributed by atoms with E-state index in [1.165, 1.54) is 5.56 Å². The molecule has 1 N–H and O–H groups in total. The van der Waals surface area contributed by atoms with Crippen molar-refractivity contribution >= 4 is 28.3 Å². The van der Waals surface area contributed by atoms with Crippen LogP contribution in [0.5, 0.6) is 5.75 Å². The van der Waals surface area contributed by atoms with Crippen molar-refractivity contribution in [2.24, 2.45) is 0 Å². The lowest BCUT2D eigenvalue weighted by molar-refractivity contribution is 0.419. The molecule has 0 saturated heterocycles. The number of hydrogen-bond acceptors (Lipinski definition) is 3. The molecule has 0 radical (unpaired) electrons. The average Bonchev–Trinajstić information content (AvgIpc) is 2.41. The van der Waals surface area contributed by atoms with E-state index in [1.807, 2.05) is 20.0 Å². The number of halogens is 1. The molecular weight excluding hydrogens is 248 g/mol. The third-order valence-corrected chi connectivity index (χ3v) is 3.59. The number of aryl methyl sites for hydroxylation is 2. The van der Waals surface area contributed by atoms with Crippen molar-refractivity contribution in [1.82, 2.24) is 4.98 Å². The van der Waals surface area contributed by atoms with Gasteiger partial charge in [-0.05, 0) is 30.5 Å². The van der Waals surface area contributed by atoms with Gasteiger partial charge in [0.15, 0.2) is 0 Å². The van der Waals surface area contributed by atoms with Gasteiger partial charge in [0.25, 0.3) is 0 Å². The quantitative estimate of drug-likeness (QED) is 0.915. The monoisotopic (exact) mass is 264 g/mol. The Kier molecular flexibility index (Phi) is 3.62. The van der Waals surface area contributed by atoms with E-state index >= 15 is 0 Å². The second-order valence-electron chi connectivity index (χ2n) is 4.18. The molecule has 0 fully saturated rings. The second-order valence-corrected chi connectivity index (χ2v) is 4.59. The van der Waals surface area contributed by atoms with E-state index in [2.05, 4.69) is 23.3 Å². The van der Waals surface area contributed by atoms with Gasteiger partial charge in [0, 0.05) is 23.5 Å². The minimum absolute atomic E-state index is 0.708. The molecule has 0 atom stereocenters. The Bertz CT molecular complexity index is 596. The van der Waals surface area contributed by atoms with Gasteiger partial charge >= 0.3 is 0 Å². The molecule has 1 aromatic carbocycles. The summed E-state index contributed by atoms with van der Waals surface area (Å²) in [4.78, 5) is 4.64. The van der Waals surface area contributed by atoms with E-state index in [1.54, 1.807) is 7.11 Å². The molecule has 2 rings (SSSR count). The van der Waals surface area contributed by atoms with E-state index in [4.69, 9.17) is 16.3 Å². The fourth-order valence-electron chi connectivity index (χ4n) is 2.09. The molecule has 3 nitrogen and oxygen atoms in total. The molecule has 1 aromatic heterocycles. The van der Waals surface area contributed by atoms with Gasteiger partial charge in [-0.3, -0.25) is 0 Å². The summed E-state index contributed by atoms with van der Waals surface area (Å²) in [5, 5.41) is 4.88. The maximum atomic E-state index is 6.22. The lowest BCUT2D eigenvalue weighted by atomic mass is 10.0. The number of aromatic nitrogens is 1. The van der Waals surface area contributed by atoms with Gasteiger partial charge in [-0.25, -0.2) is 4.98 Å². The molecule has 0 aliphatic heterocycles. The van der Waals surface area contributed by atoms with Crippen LogP contribution in [0.15, 0.2) is 12.1 Å². The molecule has 96 valence electrons. The lowest BCUT2D eigenvalue weighted by Gasteiger charge is -2.13. The molecule has 0 aliphatic rings. The fourth-order valence-corrected chi connectivity index (χ4v) is 2.29. The van der Waals surface area contributed by atoms with E-state index < -0.39 is 0 Å². The van der Waals surface area contributed by atoms with Crippen LogP contribution in [0, 0.1) is 6.92 Å². The summed E-state index contributed by atoms with van der Waals surface area (Å²) in [6, 6.07) is 3.95. The van der Waals surface area contributed by atoms with Crippen molar-refractivity contribution in [2.45, 2.75) is 20.3 Å². The summed E-state index contributed by atoms with van der Waals surface area (Å²) in [5.41, 5.74) is 3.07. The Hall–Kier alpha value is -1.48. The van der Waals surface area contributed by atoms with Crippen LogP contribution in [-0.4, -0.2) is 19.1 Å². The van der Waals surface area contributed by atoms with Crippen molar-refractivity contribution in [3.05, 3.63) is 28.3 Å². The van der Waals surface area contributed by atoms with E-state index in [0.717, 1.165) is 28.7 Å². The highest BCUT2D eigenvalue weighted by atomic mass is 35.5. The molecule has 4 heteroatoms. The van der Waals surface area contributed by atoms with Crippen molar-refractivity contribution in [1.29, 1.82) is 0 Å². The zero-order valence-electron chi connectivity index (χ0n) is 11.1. The number of pyridine rings is 1. The summed E-state index contributed by atoms with van der Waals surface area (Å²) < 4.78 is 5.36. The third kappa shape index (κ3) is 1.99. The van der Waals surface area contributed by atoms with E-state index in [-0.39, 0.29) is 0 Å². The van der Waals surface area contributed by atoms with Gasteiger partial charge in [-0.1, -0.05) is 18.5 Å². The predicted molar refractivity (Wildman–Crippen MR) is 77.0 cm³/mol. The normalized spacial score (nSPS) is 10.7. The Balaban J connectivity index is 2.86. The molecule has 0 saturated carbocycles. The van der Waals surface area contributed by atoms with Crippen molar-refractivity contribution < 1.29 is 4.74 Å². The summed E-state index contributed by atoms with van der Waals surface area (Å²) in [5.74, 6) is 1.60. The van der Waals surface area contributed by atoms with Gasteiger partial charge in [-0.2, -0.15) is 0 Å². The van der Waals surface area contributed by atoms with Crippen molar-refractivity contribution in [3.8, 4) is 5.75 Å². The summed E-state index contributed by atoms with van der Waals surface area (Å²) in [7, 11) is 3.51. The smallest absolute Gasteiger partial charge is 0.146 e. The highest BCUT2D eigenvalue weighted by molar-refractivity contribution is 6.32. The number of hydrogen-bond donors (Lipinski definition) is 1. The summed E-state index contributed by atoms with van der Waals surface area (Å²) in [6.07, 6.45) is 0.924. The molecule has 0 aliphatic carbocycles. The maximum Gasteiger partial charge on any atom is 0.146 e. The van der Waals surface area contributed by atoms with Crippen molar-refractivity contribution in [2.75, 3.05) is 19.5 Å². The van der Waals surface area contributed by atoms with Gasteiger partial charge in [0.2, 0.25) is 0 Å². The first kappa shape index (κ1) is 13.0.